The molecule has 2 aromatic carbocycles. The number of rotatable bonds is 6. The summed E-state index contributed by atoms with van der Waals surface area (Å²) in [4.78, 5) is 40.0. The zero-order valence-corrected chi connectivity index (χ0v) is 20.5. The molecule has 0 bridgehead atoms. The molecule has 5 atom stereocenters. The summed E-state index contributed by atoms with van der Waals surface area (Å²) in [5.74, 6) is -1.34. The smallest absolute Gasteiger partial charge is 0.408 e. The van der Waals surface area contributed by atoms with Gasteiger partial charge in [-0.25, -0.2) is 9.59 Å². The van der Waals surface area contributed by atoms with Crippen LogP contribution in [0.2, 0.25) is 0 Å². The number of carbonyl (C=O) groups excluding carboxylic acids is 2. The number of carboxylic acids is 1. The number of piperidine rings is 1. The maximum Gasteiger partial charge on any atom is 0.408 e. The van der Waals surface area contributed by atoms with Gasteiger partial charge in [-0.1, -0.05) is 60.7 Å². The number of ether oxygens (including phenoxy) is 1. The molecule has 0 saturated carbocycles. The van der Waals surface area contributed by atoms with Crippen LogP contribution in [0.25, 0.3) is 0 Å². The van der Waals surface area contributed by atoms with E-state index in [4.69, 9.17) is 4.74 Å². The zero-order valence-electron chi connectivity index (χ0n) is 20.5. The molecule has 3 unspecified atom stereocenters. The molecule has 2 fully saturated rings. The zero-order chi connectivity index (χ0) is 25.2. The van der Waals surface area contributed by atoms with Crippen molar-refractivity contribution in [1.82, 2.24) is 10.2 Å². The number of carbonyl (C=O) groups is 3. The van der Waals surface area contributed by atoms with Gasteiger partial charge in [-0.2, -0.15) is 0 Å². The van der Waals surface area contributed by atoms with Crippen LogP contribution in [0.3, 0.4) is 0 Å². The molecule has 2 aliphatic heterocycles. The summed E-state index contributed by atoms with van der Waals surface area (Å²) in [6.45, 7) is 5.29. The minimum Gasteiger partial charge on any atom is -0.480 e. The highest BCUT2D eigenvalue weighted by molar-refractivity contribution is 5.91. The van der Waals surface area contributed by atoms with Gasteiger partial charge in [-0.05, 0) is 69.4 Å². The second-order valence-electron chi connectivity index (χ2n) is 10.7. The van der Waals surface area contributed by atoms with Crippen LogP contribution in [0.4, 0.5) is 4.79 Å². The fraction of sp³-hybridized carbons (Fsp3) is 0.464. The second-order valence-corrected chi connectivity index (χ2v) is 10.7. The molecule has 35 heavy (non-hydrogen) atoms. The lowest BCUT2D eigenvalue weighted by Crippen LogP contribution is -2.61. The minimum atomic E-state index is -1.00. The standard InChI is InChI=1S/C28H34N2O5/c1-28(2,3)35-27(34)29-22-16-20(14-18-10-6-4-7-11-18)24-21(15-19-12-8-5-9-13-19)17-23(26(32)33)30(24)25(22)31/h4-13,20-24H,14-17H2,1-3H3,(H,29,34)(H,32,33)/t20?,21?,22-,23-,24?/m0/s1. The van der Waals surface area contributed by atoms with E-state index in [0.717, 1.165) is 11.1 Å². The van der Waals surface area contributed by atoms with Crippen molar-refractivity contribution in [2.24, 2.45) is 11.8 Å². The molecule has 0 spiro atoms. The SMILES string of the molecule is CC(C)(C)OC(=O)N[C@H]1CC(Cc2ccccc2)C2C(Cc3ccccc3)C[C@@H](C(=O)O)N2C1=O. The average Bonchev–Trinajstić information content (AvgIpc) is 3.17. The van der Waals surface area contributed by atoms with Gasteiger partial charge < -0.3 is 20.1 Å². The Morgan fingerprint density at radius 2 is 1.46 bits per heavy atom. The molecule has 2 N–H and O–H groups in total. The Balaban J connectivity index is 1.65. The van der Waals surface area contributed by atoms with E-state index < -0.39 is 29.7 Å². The molecule has 2 aliphatic rings. The van der Waals surface area contributed by atoms with Crippen molar-refractivity contribution >= 4 is 18.0 Å². The summed E-state index contributed by atoms with van der Waals surface area (Å²) < 4.78 is 5.39. The molecule has 2 heterocycles. The van der Waals surface area contributed by atoms with E-state index in [-0.39, 0.29) is 23.8 Å². The molecular formula is C28H34N2O5. The van der Waals surface area contributed by atoms with E-state index >= 15 is 0 Å². The largest absolute Gasteiger partial charge is 0.480 e. The number of aliphatic carboxylic acids is 1. The van der Waals surface area contributed by atoms with Crippen molar-refractivity contribution in [3.63, 3.8) is 0 Å². The highest BCUT2D eigenvalue weighted by atomic mass is 16.6. The number of nitrogens with zero attached hydrogens (tertiary/aromatic N) is 1. The first-order valence-electron chi connectivity index (χ1n) is 12.2. The first-order valence-corrected chi connectivity index (χ1v) is 12.2. The average molecular weight is 479 g/mol. The monoisotopic (exact) mass is 478 g/mol. The summed E-state index contributed by atoms with van der Waals surface area (Å²) in [6, 6.07) is 18.1. The van der Waals surface area contributed by atoms with Gasteiger partial charge in [0.2, 0.25) is 5.91 Å². The van der Waals surface area contributed by atoms with Crippen molar-refractivity contribution in [3.05, 3.63) is 71.8 Å². The maximum absolute atomic E-state index is 13.6. The summed E-state index contributed by atoms with van der Waals surface area (Å²) in [5.41, 5.74) is 1.55. The van der Waals surface area contributed by atoms with Crippen molar-refractivity contribution in [1.29, 1.82) is 0 Å². The molecule has 2 aromatic rings. The number of alkyl carbamates (subject to hydrolysis) is 1. The van der Waals surface area contributed by atoms with Gasteiger partial charge in [0, 0.05) is 6.04 Å². The van der Waals surface area contributed by atoms with E-state index in [1.807, 2.05) is 60.7 Å². The Labute approximate surface area is 206 Å². The fourth-order valence-electron chi connectivity index (χ4n) is 5.64. The van der Waals surface area contributed by atoms with Gasteiger partial charge in [0.15, 0.2) is 0 Å². The highest BCUT2D eigenvalue weighted by Crippen LogP contribution is 2.43. The molecule has 0 radical (unpaired) electrons. The maximum atomic E-state index is 13.6. The molecule has 2 amide bonds. The number of hydrogen-bond donors (Lipinski definition) is 2. The Hall–Kier alpha value is -3.35. The number of nitrogens with one attached hydrogen (secondary N) is 1. The van der Waals surface area contributed by atoms with Crippen LogP contribution in [0.1, 0.15) is 44.7 Å². The van der Waals surface area contributed by atoms with Crippen LogP contribution in [-0.2, 0) is 27.2 Å². The summed E-state index contributed by atoms with van der Waals surface area (Å²) in [7, 11) is 0. The molecular weight excluding hydrogens is 444 g/mol. The van der Waals surface area contributed by atoms with Gasteiger partial charge >= 0.3 is 12.1 Å². The van der Waals surface area contributed by atoms with Crippen LogP contribution >= 0.6 is 0 Å². The van der Waals surface area contributed by atoms with Crippen LogP contribution < -0.4 is 5.32 Å². The first kappa shape index (κ1) is 24.8. The third-order valence-electron chi connectivity index (χ3n) is 6.90. The quantitative estimate of drug-likeness (QED) is 0.653. The summed E-state index contributed by atoms with van der Waals surface area (Å²) >= 11 is 0. The number of benzene rings is 2. The van der Waals surface area contributed by atoms with E-state index in [1.165, 1.54) is 0 Å². The highest BCUT2D eigenvalue weighted by Gasteiger charge is 2.54. The van der Waals surface area contributed by atoms with Gasteiger partial charge in [-0.15, -0.1) is 0 Å². The van der Waals surface area contributed by atoms with Crippen LogP contribution in [0.5, 0.6) is 0 Å². The second kappa shape index (κ2) is 10.1. The van der Waals surface area contributed by atoms with Crippen molar-refractivity contribution in [2.75, 3.05) is 0 Å². The molecule has 186 valence electrons. The van der Waals surface area contributed by atoms with Crippen molar-refractivity contribution in [2.45, 2.75) is 70.2 Å². The lowest BCUT2D eigenvalue weighted by atomic mass is 9.76. The Bertz CT molecular complexity index is 1050. The van der Waals surface area contributed by atoms with Crippen LogP contribution in [0.15, 0.2) is 60.7 Å². The lowest BCUT2D eigenvalue weighted by Gasteiger charge is -2.44. The summed E-state index contributed by atoms with van der Waals surface area (Å²) in [5, 5.41) is 12.8. The normalized spacial score (nSPS) is 26.2. The van der Waals surface area contributed by atoms with Gasteiger partial charge in [-0.3, -0.25) is 4.79 Å². The Kier molecular flexibility index (Phi) is 7.15. The number of carboxylic acid groups (broad SMARTS) is 1. The van der Waals surface area contributed by atoms with Gasteiger partial charge in [0.1, 0.15) is 17.7 Å². The van der Waals surface area contributed by atoms with Crippen LogP contribution in [0, 0.1) is 11.8 Å². The fourth-order valence-corrected chi connectivity index (χ4v) is 5.64. The topological polar surface area (TPSA) is 95.9 Å². The summed E-state index contributed by atoms with van der Waals surface area (Å²) in [6.07, 6.45) is 1.56. The molecule has 0 aliphatic carbocycles. The molecule has 2 saturated heterocycles. The molecule has 4 rings (SSSR count). The van der Waals surface area contributed by atoms with E-state index in [9.17, 15) is 19.5 Å². The molecule has 0 aromatic heterocycles. The predicted octanol–water partition coefficient (Wildman–Crippen LogP) is 4.06. The Morgan fingerprint density at radius 3 is 1.94 bits per heavy atom. The minimum absolute atomic E-state index is 0.00639. The Morgan fingerprint density at radius 1 is 0.943 bits per heavy atom. The van der Waals surface area contributed by atoms with E-state index in [1.54, 1.807) is 25.7 Å². The molecule has 7 heteroatoms. The molecule has 7 nitrogen and oxygen atoms in total. The number of hydrogen-bond acceptors (Lipinski definition) is 4. The van der Waals surface area contributed by atoms with Crippen LogP contribution in [-0.4, -0.2) is 51.7 Å². The predicted molar refractivity (Wildman–Crippen MR) is 132 cm³/mol. The van der Waals surface area contributed by atoms with Crippen molar-refractivity contribution < 1.29 is 24.2 Å². The lowest BCUT2D eigenvalue weighted by molar-refractivity contribution is -0.154. The van der Waals surface area contributed by atoms with Gasteiger partial charge in [0.05, 0.1) is 0 Å². The third-order valence-corrected chi connectivity index (χ3v) is 6.90. The van der Waals surface area contributed by atoms with E-state index in [0.29, 0.717) is 25.7 Å². The number of amides is 2. The van der Waals surface area contributed by atoms with Crippen molar-refractivity contribution in [3.8, 4) is 0 Å². The third kappa shape index (κ3) is 5.84. The first-order chi connectivity index (χ1) is 16.6. The van der Waals surface area contributed by atoms with E-state index in [2.05, 4.69) is 5.32 Å². The number of fused-ring (bicyclic) bond motifs is 1. The van der Waals surface area contributed by atoms with Gasteiger partial charge in [0.25, 0.3) is 0 Å².